The predicted molar refractivity (Wildman–Crippen MR) is 225 cm³/mol. The van der Waals surface area contributed by atoms with Crippen molar-refractivity contribution in [2.75, 3.05) is 0 Å². The SMILES string of the molecule is Cc1ccc(-c2c3ccccc3c(-c3ccc4sc5cccc(-c6c7ccccc7c(-c7ccc(C)o7)c7ccccc67)c5c4c3)c3ccccc23)o1. The molecule has 0 aliphatic rings. The Bertz CT molecular complexity index is 3150. The quantitative estimate of drug-likeness (QED) is 0.171. The molecule has 0 aliphatic carbocycles. The molecule has 11 rings (SSSR count). The molecule has 0 bridgehead atoms. The van der Waals surface area contributed by atoms with Crippen LogP contribution in [0.2, 0.25) is 0 Å². The maximum atomic E-state index is 6.29. The van der Waals surface area contributed by atoms with Gasteiger partial charge in [0.1, 0.15) is 23.0 Å². The van der Waals surface area contributed by atoms with Crippen LogP contribution in [0.1, 0.15) is 11.5 Å². The maximum Gasteiger partial charge on any atom is 0.135 e. The summed E-state index contributed by atoms with van der Waals surface area (Å²) in [4.78, 5) is 0. The molecule has 11 aromatic rings. The van der Waals surface area contributed by atoms with Crippen LogP contribution >= 0.6 is 11.3 Å². The van der Waals surface area contributed by atoms with Crippen molar-refractivity contribution in [3.05, 3.63) is 169 Å². The molecule has 53 heavy (non-hydrogen) atoms. The maximum absolute atomic E-state index is 6.29. The minimum atomic E-state index is 0.901. The first-order chi connectivity index (χ1) is 26.1. The predicted octanol–water partition coefficient (Wildman–Crippen LogP) is 15.1. The Hall–Kier alpha value is -6.42. The molecule has 0 saturated carbocycles. The van der Waals surface area contributed by atoms with Crippen molar-refractivity contribution >= 4 is 74.6 Å². The minimum absolute atomic E-state index is 0.901. The third kappa shape index (κ3) is 4.51. The summed E-state index contributed by atoms with van der Waals surface area (Å²) in [5.74, 6) is 3.62. The first-order valence-corrected chi connectivity index (χ1v) is 18.9. The fraction of sp³-hybridized carbons (Fsp3) is 0.0400. The molecule has 3 heteroatoms. The van der Waals surface area contributed by atoms with Gasteiger partial charge in [-0.3, -0.25) is 0 Å². The lowest BCUT2D eigenvalue weighted by Crippen LogP contribution is -1.91. The van der Waals surface area contributed by atoms with E-state index in [4.69, 9.17) is 8.83 Å². The number of fused-ring (bicyclic) bond motifs is 7. The lowest BCUT2D eigenvalue weighted by atomic mass is 9.85. The molecule has 0 aliphatic heterocycles. The van der Waals surface area contributed by atoms with Gasteiger partial charge in [-0.1, -0.05) is 115 Å². The van der Waals surface area contributed by atoms with E-state index in [2.05, 4.69) is 158 Å². The van der Waals surface area contributed by atoms with Crippen molar-refractivity contribution in [2.45, 2.75) is 13.8 Å². The molecule has 0 atom stereocenters. The average Bonchev–Trinajstić information content (AvgIpc) is 3.93. The van der Waals surface area contributed by atoms with Crippen LogP contribution in [0.4, 0.5) is 0 Å². The van der Waals surface area contributed by atoms with E-state index in [1.54, 1.807) is 0 Å². The Labute approximate surface area is 310 Å². The van der Waals surface area contributed by atoms with Crippen molar-refractivity contribution in [1.82, 2.24) is 0 Å². The molecule has 2 nitrogen and oxygen atoms in total. The van der Waals surface area contributed by atoms with Crippen LogP contribution in [-0.4, -0.2) is 0 Å². The highest BCUT2D eigenvalue weighted by atomic mass is 32.1. The number of rotatable bonds is 4. The van der Waals surface area contributed by atoms with Gasteiger partial charge in [0.05, 0.1) is 0 Å². The van der Waals surface area contributed by atoms with Crippen molar-refractivity contribution in [3.63, 3.8) is 0 Å². The standard InChI is InChI=1S/C50H32O2S/c1-29-22-25-42(51-29)48-36-16-7-3-12-32(36)46(33-13-4-8-17-37(33)48)31-24-27-44-41(28-31)50-40(20-11-21-45(50)53-44)47-34-14-5-9-18-38(34)49(43-26-23-30(2)52-43)39-19-10-6-15-35(39)47/h3-28H,1-2H3. The molecule has 8 aromatic carbocycles. The molecule has 3 heterocycles. The summed E-state index contributed by atoms with van der Waals surface area (Å²) in [5, 5.41) is 12.2. The van der Waals surface area contributed by atoms with E-state index >= 15 is 0 Å². The summed E-state index contributed by atoms with van der Waals surface area (Å²) < 4.78 is 15.1. The zero-order valence-electron chi connectivity index (χ0n) is 29.2. The molecule has 250 valence electrons. The summed E-state index contributed by atoms with van der Waals surface area (Å²) in [6.45, 7) is 4.02. The summed E-state index contributed by atoms with van der Waals surface area (Å²) >= 11 is 1.87. The van der Waals surface area contributed by atoms with Crippen molar-refractivity contribution in [1.29, 1.82) is 0 Å². The van der Waals surface area contributed by atoms with Crippen LogP contribution in [0.5, 0.6) is 0 Å². The van der Waals surface area contributed by atoms with Gasteiger partial charge in [0.15, 0.2) is 0 Å². The lowest BCUT2D eigenvalue weighted by Gasteiger charge is -2.18. The normalized spacial score (nSPS) is 12.0. The van der Waals surface area contributed by atoms with Crippen LogP contribution in [0.3, 0.4) is 0 Å². The Balaban J connectivity index is 1.23. The molecule has 0 N–H and O–H groups in total. The zero-order valence-corrected chi connectivity index (χ0v) is 30.1. The van der Waals surface area contributed by atoms with E-state index in [0.29, 0.717) is 0 Å². The van der Waals surface area contributed by atoms with Crippen molar-refractivity contribution in [3.8, 4) is 44.9 Å². The molecule has 3 aromatic heterocycles. The van der Waals surface area contributed by atoms with Gasteiger partial charge in [-0.2, -0.15) is 0 Å². The van der Waals surface area contributed by atoms with E-state index in [1.807, 2.05) is 25.2 Å². The van der Waals surface area contributed by atoms with Crippen LogP contribution in [0, 0.1) is 13.8 Å². The van der Waals surface area contributed by atoms with E-state index in [0.717, 1.165) is 34.2 Å². The van der Waals surface area contributed by atoms with Crippen LogP contribution in [-0.2, 0) is 0 Å². The Kier molecular flexibility index (Phi) is 6.58. The molecule has 0 saturated heterocycles. The Morgan fingerprint density at radius 2 is 0.811 bits per heavy atom. The van der Waals surface area contributed by atoms with Crippen LogP contribution < -0.4 is 0 Å². The first kappa shape index (κ1) is 30.2. The van der Waals surface area contributed by atoms with Gasteiger partial charge in [-0.15, -0.1) is 11.3 Å². The molecule has 0 fully saturated rings. The second-order valence-corrected chi connectivity index (χ2v) is 15.1. The minimum Gasteiger partial charge on any atom is -0.461 e. The monoisotopic (exact) mass is 696 g/mol. The molecule has 0 spiro atoms. The topological polar surface area (TPSA) is 26.3 Å². The van der Waals surface area contributed by atoms with Crippen molar-refractivity contribution in [2.24, 2.45) is 0 Å². The molecule has 0 radical (unpaired) electrons. The first-order valence-electron chi connectivity index (χ1n) is 18.1. The number of thiophene rings is 1. The van der Waals surface area contributed by atoms with E-state index < -0.39 is 0 Å². The lowest BCUT2D eigenvalue weighted by molar-refractivity contribution is 0.549. The second-order valence-electron chi connectivity index (χ2n) is 14.0. The number of benzene rings is 8. The zero-order chi connectivity index (χ0) is 35.2. The van der Waals surface area contributed by atoms with Gasteiger partial charge in [0.2, 0.25) is 0 Å². The fourth-order valence-electron chi connectivity index (χ4n) is 8.72. The van der Waals surface area contributed by atoms with E-state index in [-0.39, 0.29) is 0 Å². The van der Waals surface area contributed by atoms with E-state index in [1.165, 1.54) is 85.5 Å². The van der Waals surface area contributed by atoms with Gasteiger partial charge in [-0.05, 0) is 122 Å². The summed E-state index contributed by atoms with van der Waals surface area (Å²) in [6, 6.07) is 57.4. The van der Waals surface area contributed by atoms with Gasteiger partial charge >= 0.3 is 0 Å². The smallest absolute Gasteiger partial charge is 0.135 e. The summed E-state index contributed by atoms with van der Waals surface area (Å²) in [7, 11) is 0. The summed E-state index contributed by atoms with van der Waals surface area (Å²) in [5.41, 5.74) is 7.25. The highest BCUT2D eigenvalue weighted by Crippen LogP contribution is 2.50. The Morgan fingerprint density at radius 3 is 1.26 bits per heavy atom. The van der Waals surface area contributed by atoms with Gasteiger partial charge in [0, 0.05) is 31.3 Å². The van der Waals surface area contributed by atoms with Crippen molar-refractivity contribution < 1.29 is 8.83 Å². The largest absolute Gasteiger partial charge is 0.461 e. The third-order valence-corrected chi connectivity index (χ3v) is 12.0. The fourth-order valence-corrected chi connectivity index (χ4v) is 9.83. The molecule has 0 unspecified atom stereocenters. The van der Waals surface area contributed by atoms with E-state index in [9.17, 15) is 0 Å². The molecule has 0 amide bonds. The number of hydrogen-bond donors (Lipinski definition) is 0. The number of aryl methyl sites for hydroxylation is 2. The van der Waals surface area contributed by atoms with Gasteiger partial charge in [-0.25, -0.2) is 0 Å². The van der Waals surface area contributed by atoms with Crippen LogP contribution in [0.15, 0.2) is 167 Å². The average molecular weight is 697 g/mol. The highest BCUT2D eigenvalue weighted by Gasteiger charge is 2.22. The summed E-state index contributed by atoms with van der Waals surface area (Å²) in [6.07, 6.45) is 0. The van der Waals surface area contributed by atoms with Gasteiger partial charge in [0.25, 0.3) is 0 Å². The van der Waals surface area contributed by atoms with Crippen LogP contribution in [0.25, 0.3) is 108 Å². The molecular formula is C50H32O2S. The Morgan fingerprint density at radius 1 is 0.358 bits per heavy atom. The second kappa shape index (κ2) is 11.5. The molecular weight excluding hydrogens is 665 g/mol. The number of hydrogen-bond acceptors (Lipinski definition) is 3. The number of furan rings is 2. The van der Waals surface area contributed by atoms with Gasteiger partial charge < -0.3 is 8.83 Å². The third-order valence-electron chi connectivity index (χ3n) is 10.9. The highest BCUT2D eigenvalue weighted by molar-refractivity contribution is 7.26.